The average molecular weight is 347 g/mol. The minimum absolute atomic E-state index is 0.0227. The fourth-order valence-corrected chi connectivity index (χ4v) is 3.23. The fourth-order valence-electron chi connectivity index (χ4n) is 1.66. The zero-order valence-corrected chi connectivity index (χ0v) is 14.0. The van der Waals surface area contributed by atoms with Crippen molar-refractivity contribution in [1.82, 2.24) is 9.69 Å². The van der Waals surface area contributed by atoms with Gasteiger partial charge in [0, 0.05) is 6.04 Å². The van der Waals surface area contributed by atoms with Crippen LogP contribution >= 0.6 is 47.0 Å². The lowest BCUT2D eigenvalue weighted by atomic mass is 10.1. The van der Waals surface area contributed by atoms with Crippen LogP contribution in [0.5, 0.6) is 5.75 Å². The number of aromatic nitrogens is 1. The number of thiocarbonyl (C=S) groups is 1. The van der Waals surface area contributed by atoms with Crippen LogP contribution in [0.1, 0.15) is 23.4 Å². The molecule has 20 heavy (non-hydrogen) atoms. The maximum atomic E-state index is 6.05. The summed E-state index contributed by atoms with van der Waals surface area (Å²) in [4.78, 5) is 1.22. The van der Waals surface area contributed by atoms with Gasteiger partial charge >= 0.3 is 0 Å². The van der Waals surface area contributed by atoms with Crippen molar-refractivity contribution in [3.05, 3.63) is 44.9 Å². The monoisotopic (exact) mass is 346 g/mol. The molecule has 1 heterocycles. The SMILES string of the molecule is COc1cccc([C@H](C)NC(=S)c2snc(Cl)c2Cl)c1. The van der Waals surface area contributed by atoms with E-state index in [1.165, 1.54) is 11.5 Å². The molecule has 1 atom stereocenters. The van der Waals surface area contributed by atoms with Crippen molar-refractivity contribution in [2.45, 2.75) is 13.0 Å². The van der Waals surface area contributed by atoms with E-state index in [0.29, 0.717) is 14.9 Å². The third-order valence-electron chi connectivity index (χ3n) is 2.75. The zero-order valence-electron chi connectivity index (χ0n) is 10.8. The fraction of sp³-hybridized carbons (Fsp3) is 0.231. The summed E-state index contributed by atoms with van der Waals surface area (Å²) in [5, 5.41) is 3.90. The van der Waals surface area contributed by atoms with Gasteiger partial charge in [0.05, 0.1) is 7.11 Å². The minimum atomic E-state index is 0.0227. The van der Waals surface area contributed by atoms with Gasteiger partial charge in [0.2, 0.25) is 0 Å². The number of hydrogen-bond donors (Lipinski definition) is 1. The molecule has 2 aromatic rings. The molecule has 1 N–H and O–H groups in total. The first kappa shape index (κ1) is 15.5. The molecule has 0 amide bonds. The van der Waals surface area contributed by atoms with Gasteiger partial charge in [0.25, 0.3) is 0 Å². The van der Waals surface area contributed by atoms with E-state index in [-0.39, 0.29) is 11.2 Å². The largest absolute Gasteiger partial charge is 0.497 e. The first-order valence-electron chi connectivity index (χ1n) is 5.78. The van der Waals surface area contributed by atoms with E-state index in [1.54, 1.807) is 7.11 Å². The van der Waals surface area contributed by atoms with Crippen LogP contribution in [0.15, 0.2) is 24.3 Å². The van der Waals surface area contributed by atoms with Crippen LogP contribution in [0, 0.1) is 0 Å². The van der Waals surface area contributed by atoms with Gasteiger partial charge in [-0.15, -0.1) is 0 Å². The van der Waals surface area contributed by atoms with Crippen molar-refractivity contribution in [2.75, 3.05) is 7.11 Å². The molecule has 3 nitrogen and oxygen atoms in total. The number of nitrogens with zero attached hydrogens (tertiary/aromatic N) is 1. The van der Waals surface area contributed by atoms with Gasteiger partial charge in [-0.25, -0.2) is 0 Å². The second kappa shape index (κ2) is 6.72. The lowest BCUT2D eigenvalue weighted by molar-refractivity contribution is 0.414. The molecule has 2 rings (SSSR count). The minimum Gasteiger partial charge on any atom is -0.497 e. The van der Waals surface area contributed by atoms with Crippen LogP contribution in [0.2, 0.25) is 10.2 Å². The van der Waals surface area contributed by atoms with E-state index in [0.717, 1.165) is 11.3 Å². The Morgan fingerprint density at radius 2 is 2.20 bits per heavy atom. The lowest BCUT2D eigenvalue weighted by Gasteiger charge is -2.16. The van der Waals surface area contributed by atoms with Crippen LogP contribution in [0.3, 0.4) is 0 Å². The summed E-state index contributed by atoms with van der Waals surface area (Å²) in [6, 6.07) is 7.82. The van der Waals surface area contributed by atoms with Gasteiger partial charge in [-0.05, 0) is 36.2 Å². The molecule has 1 aromatic heterocycles. The highest BCUT2D eigenvalue weighted by Crippen LogP contribution is 2.29. The van der Waals surface area contributed by atoms with Crippen molar-refractivity contribution < 1.29 is 4.74 Å². The number of hydrogen-bond acceptors (Lipinski definition) is 4. The highest BCUT2D eigenvalue weighted by Gasteiger charge is 2.16. The van der Waals surface area contributed by atoms with E-state index in [2.05, 4.69) is 9.69 Å². The highest BCUT2D eigenvalue weighted by molar-refractivity contribution is 7.81. The van der Waals surface area contributed by atoms with E-state index in [1.807, 2.05) is 31.2 Å². The van der Waals surface area contributed by atoms with E-state index >= 15 is 0 Å². The highest BCUT2D eigenvalue weighted by atomic mass is 35.5. The molecule has 0 fully saturated rings. The van der Waals surface area contributed by atoms with Crippen molar-refractivity contribution in [2.24, 2.45) is 0 Å². The van der Waals surface area contributed by atoms with Gasteiger partial charge in [0.1, 0.15) is 20.6 Å². The molecule has 0 unspecified atom stereocenters. The molecule has 0 bridgehead atoms. The Morgan fingerprint density at radius 1 is 1.45 bits per heavy atom. The smallest absolute Gasteiger partial charge is 0.162 e. The number of ether oxygens (including phenoxy) is 1. The molecule has 106 valence electrons. The number of methoxy groups -OCH3 is 1. The van der Waals surface area contributed by atoms with Crippen molar-refractivity contribution >= 4 is 51.9 Å². The van der Waals surface area contributed by atoms with Crippen molar-refractivity contribution in [3.8, 4) is 5.75 Å². The molecular formula is C13H12Cl2N2OS2. The Labute approximate surface area is 137 Å². The van der Waals surface area contributed by atoms with E-state index < -0.39 is 0 Å². The zero-order chi connectivity index (χ0) is 14.7. The molecule has 1 aromatic carbocycles. The Hall–Kier alpha value is -0.880. The van der Waals surface area contributed by atoms with Gasteiger partial charge in [-0.3, -0.25) is 0 Å². The number of halogens is 2. The van der Waals surface area contributed by atoms with Gasteiger partial charge in [-0.2, -0.15) is 4.37 Å². The first-order valence-corrected chi connectivity index (χ1v) is 7.72. The van der Waals surface area contributed by atoms with Crippen molar-refractivity contribution in [1.29, 1.82) is 0 Å². The molecule has 0 aliphatic heterocycles. The second-order valence-corrected chi connectivity index (χ2v) is 6.01. The Bertz CT molecular complexity index is 631. The molecular weight excluding hydrogens is 335 g/mol. The standard InChI is InChI=1S/C13H12Cl2N2OS2/c1-7(8-4-3-5-9(6-8)18-2)16-13(19)11-10(14)12(15)17-20-11/h3-7H,1-2H3,(H,16,19)/t7-/m0/s1. The predicted octanol–water partition coefficient (Wildman–Crippen LogP) is 4.48. The first-order chi connectivity index (χ1) is 9.52. The molecule has 0 saturated heterocycles. The third kappa shape index (κ3) is 3.41. The maximum Gasteiger partial charge on any atom is 0.162 e. The average Bonchev–Trinajstić information content (AvgIpc) is 2.79. The van der Waals surface area contributed by atoms with Crippen LogP contribution in [-0.4, -0.2) is 16.5 Å². The van der Waals surface area contributed by atoms with Gasteiger partial charge in [0.15, 0.2) is 5.15 Å². The maximum absolute atomic E-state index is 6.05. The summed E-state index contributed by atoms with van der Waals surface area (Å²) >= 11 is 18.4. The predicted molar refractivity (Wildman–Crippen MR) is 88.4 cm³/mol. The van der Waals surface area contributed by atoms with Crippen LogP contribution < -0.4 is 10.1 Å². The number of rotatable bonds is 4. The molecule has 0 spiro atoms. The molecule has 0 aliphatic carbocycles. The third-order valence-corrected chi connectivity index (χ3v) is 5.01. The van der Waals surface area contributed by atoms with Crippen LogP contribution in [-0.2, 0) is 0 Å². The van der Waals surface area contributed by atoms with Crippen molar-refractivity contribution in [3.63, 3.8) is 0 Å². The molecule has 0 saturated carbocycles. The Morgan fingerprint density at radius 3 is 2.80 bits per heavy atom. The summed E-state index contributed by atoms with van der Waals surface area (Å²) < 4.78 is 9.18. The molecule has 0 aliphatic rings. The van der Waals surface area contributed by atoms with Crippen LogP contribution in [0.25, 0.3) is 0 Å². The number of nitrogens with one attached hydrogen (secondary N) is 1. The Kier molecular flexibility index (Phi) is 5.21. The topological polar surface area (TPSA) is 34.1 Å². The normalized spacial score (nSPS) is 12.0. The molecule has 7 heteroatoms. The van der Waals surface area contributed by atoms with E-state index in [4.69, 9.17) is 40.2 Å². The quantitative estimate of drug-likeness (QED) is 0.827. The summed E-state index contributed by atoms with van der Waals surface area (Å²) in [5.74, 6) is 0.806. The lowest BCUT2D eigenvalue weighted by Crippen LogP contribution is -2.25. The van der Waals surface area contributed by atoms with E-state index in [9.17, 15) is 0 Å². The summed E-state index contributed by atoms with van der Waals surface area (Å²) in [6.07, 6.45) is 0. The summed E-state index contributed by atoms with van der Waals surface area (Å²) in [6.45, 7) is 2.01. The number of benzene rings is 1. The van der Waals surface area contributed by atoms with Gasteiger partial charge in [-0.1, -0.05) is 47.6 Å². The second-order valence-electron chi connectivity index (χ2n) is 4.09. The summed E-state index contributed by atoms with van der Waals surface area (Å²) in [5.41, 5.74) is 1.07. The Balaban J connectivity index is 2.12. The van der Waals surface area contributed by atoms with Gasteiger partial charge < -0.3 is 10.1 Å². The van der Waals surface area contributed by atoms with Crippen LogP contribution in [0.4, 0.5) is 0 Å². The molecule has 0 radical (unpaired) electrons. The summed E-state index contributed by atoms with van der Waals surface area (Å²) in [7, 11) is 1.64.